The van der Waals surface area contributed by atoms with Gasteiger partial charge in [-0.25, -0.2) is 4.79 Å². The first kappa shape index (κ1) is 20.0. The van der Waals surface area contributed by atoms with Gasteiger partial charge < -0.3 is 34.3 Å². The van der Waals surface area contributed by atoms with Gasteiger partial charge in [-0.1, -0.05) is 42.5 Å². The van der Waals surface area contributed by atoms with Crippen molar-refractivity contribution in [2.75, 3.05) is 0 Å². The number of aliphatic carboxylic acids is 1. The lowest BCUT2D eigenvalue weighted by Crippen LogP contribution is -2.61. The summed E-state index contributed by atoms with van der Waals surface area (Å²) in [6.07, 6.45) is -9.15. The average molecular weight is 414 g/mol. The Morgan fingerprint density at radius 3 is 2.27 bits per heavy atom. The van der Waals surface area contributed by atoms with E-state index in [1.54, 1.807) is 48.5 Å². The molecule has 0 spiro atoms. The summed E-state index contributed by atoms with van der Waals surface area (Å²) in [6, 6.07) is 15.0. The van der Waals surface area contributed by atoms with E-state index < -0.39 is 42.1 Å². The maximum atomic E-state index is 13.1. The Bertz CT molecular complexity index is 1120. The van der Waals surface area contributed by atoms with Crippen LogP contribution >= 0.6 is 0 Å². The van der Waals surface area contributed by atoms with Crippen molar-refractivity contribution in [2.24, 2.45) is 0 Å². The van der Waals surface area contributed by atoms with Crippen LogP contribution in [0, 0.1) is 0 Å². The second kappa shape index (κ2) is 7.88. The van der Waals surface area contributed by atoms with Crippen molar-refractivity contribution in [3.05, 3.63) is 64.8 Å². The molecule has 1 aromatic heterocycles. The van der Waals surface area contributed by atoms with Gasteiger partial charge in [-0.3, -0.25) is 4.79 Å². The normalized spacial score (nSPS) is 26.4. The first-order valence-corrected chi connectivity index (χ1v) is 9.09. The van der Waals surface area contributed by atoms with Gasteiger partial charge in [-0.05, 0) is 12.1 Å². The van der Waals surface area contributed by atoms with E-state index in [9.17, 15) is 30.0 Å². The third-order valence-electron chi connectivity index (χ3n) is 4.84. The van der Waals surface area contributed by atoms with E-state index in [0.29, 0.717) is 11.1 Å². The third kappa shape index (κ3) is 3.44. The summed E-state index contributed by atoms with van der Waals surface area (Å²) in [5.74, 6) is -1.84. The molecule has 0 bridgehead atoms. The van der Waals surface area contributed by atoms with Crippen LogP contribution in [0.1, 0.15) is 0 Å². The van der Waals surface area contributed by atoms with Crippen LogP contribution < -0.4 is 10.2 Å². The maximum absolute atomic E-state index is 13.1. The molecule has 9 nitrogen and oxygen atoms in total. The Morgan fingerprint density at radius 1 is 0.900 bits per heavy atom. The standard InChI is InChI=1S/C21H18O9/c22-13-11-8-4-5-9-12(11)28-17(10-6-2-1-3-7-10)18(13)29-21-16(25)14(23)15(24)19(30-21)20(26)27/h1-9,14-16,19,21,23-25H,(H,26,27). The van der Waals surface area contributed by atoms with Gasteiger partial charge in [0.2, 0.25) is 17.5 Å². The molecule has 9 heteroatoms. The highest BCUT2D eigenvalue weighted by Gasteiger charge is 2.48. The van der Waals surface area contributed by atoms with Crippen LogP contribution in [0.4, 0.5) is 0 Å². The number of aliphatic hydroxyl groups is 3. The Hall–Kier alpha value is -3.24. The number of carboxylic acids is 1. The number of hydrogen-bond donors (Lipinski definition) is 4. The Labute approximate surface area is 169 Å². The largest absolute Gasteiger partial charge is 0.479 e. The van der Waals surface area contributed by atoms with Crippen molar-refractivity contribution < 1.29 is 39.1 Å². The van der Waals surface area contributed by atoms with E-state index in [-0.39, 0.29) is 16.9 Å². The summed E-state index contributed by atoms with van der Waals surface area (Å²) < 4.78 is 16.6. The summed E-state index contributed by atoms with van der Waals surface area (Å²) in [5.41, 5.74) is 0.229. The quantitative estimate of drug-likeness (QED) is 0.485. The SMILES string of the molecule is O=C(O)C1OC(Oc2c(-c3ccccc3)oc3ccccc3c2=O)C(O)C(O)C1O. The first-order valence-electron chi connectivity index (χ1n) is 9.09. The van der Waals surface area contributed by atoms with Crippen molar-refractivity contribution in [3.8, 4) is 17.1 Å². The fourth-order valence-electron chi connectivity index (χ4n) is 3.28. The summed E-state index contributed by atoms with van der Waals surface area (Å²) in [6.45, 7) is 0. The smallest absolute Gasteiger partial charge is 0.335 e. The molecule has 0 aliphatic carbocycles. The topological polar surface area (TPSA) is 147 Å². The number of ether oxygens (including phenoxy) is 2. The molecule has 3 aromatic rings. The van der Waals surface area contributed by atoms with Gasteiger partial charge in [0.15, 0.2) is 11.9 Å². The molecule has 1 aliphatic heterocycles. The molecule has 5 unspecified atom stereocenters. The zero-order chi connectivity index (χ0) is 21.4. The minimum absolute atomic E-state index is 0.0441. The van der Waals surface area contributed by atoms with Crippen LogP contribution in [0.3, 0.4) is 0 Å². The molecule has 156 valence electrons. The van der Waals surface area contributed by atoms with E-state index in [1.807, 2.05) is 0 Å². The number of carboxylic acid groups (broad SMARTS) is 1. The van der Waals surface area contributed by atoms with E-state index in [1.165, 1.54) is 6.07 Å². The molecule has 30 heavy (non-hydrogen) atoms. The minimum atomic E-state index is -1.88. The zero-order valence-electron chi connectivity index (χ0n) is 15.4. The van der Waals surface area contributed by atoms with E-state index in [4.69, 9.17) is 13.9 Å². The Morgan fingerprint density at radius 2 is 1.57 bits per heavy atom. The highest BCUT2D eigenvalue weighted by molar-refractivity contribution is 5.82. The van der Waals surface area contributed by atoms with Crippen LogP contribution in [-0.4, -0.2) is 57.1 Å². The molecule has 0 saturated carbocycles. The lowest BCUT2D eigenvalue weighted by atomic mass is 9.99. The highest BCUT2D eigenvalue weighted by Crippen LogP contribution is 2.33. The van der Waals surface area contributed by atoms with Crippen LogP contribution in [-0.2, 0) is 9.53 Å². The number of carbonyl (C=O) groups is 1. The zero-order valence-corrected chi connectivity index (χ0v) is 15.4. The second-order valence-electron chi connectivity index (χ2n) is 6.80. The number of fused-ring (bicyclic) bond motifs is 1. The lowest BCUT2D eigenvalue weighted by molar-refractivity contribution is -0.271. The lowest BCUT2D eigenvalue weighted by Gasteiger charge is -2.38. The molecule has 0 amide bonds. The van der Waals surface area contributed by atoms with Gasteiger partial charge in [0.05, 0.1) is 5.39 Å². The molecule has 2 heterocycles. The summed E-state index contributed by atoms with van der Waals surface area (Å²) >= 11 is 0. The van der Waals surface area contributed by atoms with E-state index in [2.05, 4.69) is 0 Å². The predicted molar refractivity (Wildman–Crippen MR) is 103 cm³/mol. The van der Waals surface area contributed by atoms with Gasteiger partial charge in [-0.2, -0.15) is 0 Å². The Kier molecular flexibility index (Phi) is 5.27. The molecular weight excluding hydrogens is 396 g/mol. The number of para-hydroxylation sites is 1. The predicted octanol–water partition coefficient (Wildman–Crippen LogP) is 0.731. The number of hydrogen-bond acceptors (Lipinski definition) is 8. The third-order valence-corrected chi connectivity index (χ3v) is 4.84. The Balaban J connectivity index is 1.83. The molecule has 2 aromatic carbocycles. The fourth-order valence-corrected chi connectivity index (χ4v) is 3.28. The van der Waals surface area contributed by atoms with Crippen molar-refractivity contribution >= 4 is 16.9 Å². The monoisotopic (exact) mass is 414 g/mol. The molecule has 4 N–H and O–H groups in total. The van der Waals surface area contributed by atoms with Gasteiger partial charge in [-0.15, -0.1) is 0 Å². The molecule has 5 atom stereocenters. The van der Waals surface area contributed by atoms with E-state index in [0.717, 1.165) is 0 Å². The second-order valence-corrected chi connectivity index (χ2v) is 6.80. The molecule has 1 saturated heterocycles. The van der Waals surface area contributed by atoms with Crippen LogP contribution in [0.2, 0.25) is 0 Å². The van der Waals surface area contributed by atoms with Crippen molar-refractivity contribution in [2.45, 2.75) is 30.7 Å². The molecular formula is C21H18O9. The summed E-state index contributed by atoms with van der Waals surface area (Å²) in [5, 5.41) is 39.5. The van der Waals surface area contributed by atoms with Gasteiger partial charge in [0, 0.05) is 5.56 Å². The summed E-state index contributed by atoms with van der Waals surface area (Å²) in [4.78, 5) is 24.4. The van der Waals surface area contributed by atoms with Gasteiger partial charge in [0.1, 0.15) is 23.9 Å². The fraction of sp³-hybridized carbons (Fsp3) is 0.238. The molecule has 0 radical (unpaired) electrons. The van der Waals surface area contributed by atoms with Crippen LogP contribution in [0.25, 0.3) is 22.3 Å². The molecule has 4 rings (SSSR count). The number of aliphatic hydroxyl groups excluding tert-OH is 3. The maximum Gasteiger partial charge on any atom is 0.335 e. The summed E-state index contributed by atoms with van der Waals surface area (Å²) in [7, 11) is 0. The first-order chi connectivity index (χ1) is 14.4. The molecule has 1 fully saturated rings. The highest BCUT2D eigenvalue weighted by atomic mass is 16.7. The van der Waals surface area contributed by atoms with Crippen LogP contribution in [0.15, 0.2) is 63.8 Å². The number of benzene rings is 2. The van der Waals surface area contributed by atoms with Crippen molar-refractivity contribution in [1.29, 1.82) is 0 Å². The number of rotatable bonds is 4. The van der Waals surface area contributed by atoms with Crippen LogP contribution in [0.5, 0.6) is 5.75 Å². The van der Waals surface area contributed by atoms with E-state index >= 15 is 0 Å². The van der Waals surface area contributed by atoms with Gasteiger partial charge >= 0.3 is 5.97 Å². The van der Waals surface area contributed by atoms with Gasteiger partial charge in [0.25, 0.3) is 0 Å². The minimum Gasteiger partial charge on any atom is -0.479 e. The molecule has 1 aliphatic rings. The average Bonchev–Trinajstić information content (AvgIpc) is 2.76. The van der Waals surface area contributed by atoms with Crippen molar-refractivity contribution in [1.82, 2.24) is 0 Å². The van der Waals surface area contributed by atoms with Crippen molar-refractivity contribution in [3.63, 3.8) is 0 Å².